The molecule has 0 bridgehead atoms. The molecule has 1 rings (SSSR count). The number of rotatable bonds is 4. The van der Waals surface area contributed by atoms with Crippen LogP contribution in [0, 0.1) is 0 Å². The highest BCUT2D eigenvalue weighted by atomic mass is 35.5. The summed E-state index contributed by atoms with van der Waals surface area (Å²) in [5, 5.41) is 9.57. The molecule has 0 aliphatic heterocycles. The Labute approximate surface area is 93.4 Å². The molecule has 0 fully saturated rings. The second-order valence-electron chi connectivity index (χ2n) is 2.78. The summed E-state index contributed by atoms with van der Waals surface area (Å²) in [6.45, 7) is 2.49. The van der Waals surface area contributed by atoms with E-state index >= 15 is 0 Å². The van der Waals surface area contributed by atoms with Crippen molar-refractivity contribution < 1.29 is 9.84 Å². The summed E-state index contributed by atoms with van der Waals surface area (Å²) in [5.74, 6) is 0.707. The summed E-state index contributed by atoms with van der Waals surface area (Å²) >= 11 is 11.1. The van der Waals surface area contributed by atoms with Gasteiger partial charge in [0.25, 0.3) is 0 Å². The second-order valence-corrected chi connectivity index (χ2v) is 3.95. The first kappa shape index (κ1) is 11.6. The first-order chi connectivity index (χ1) is 6.65. The second kappa shape index (κ2) is 5.44. The summed E-state index contributed by atoms with van der Waals surface area (Å²) < 4.78 is 5.28. The molecule has 2 nitrogen and oxygen atoms in total. The van der Waals surface area contributed by atoms with Crippen LogP contribution in [0.5, 0.6) is 5.75 Å². The van der Waals surface area contributed by atoms with E-state index in [1.165, 1.54) is 0 Å². The van der Waals surface area contributed by atoms with Gasteiger partial charge in [-0.3, -0.25) is 0 Å². The van der Waals surface area contributed by atoms with E-state index in [2.05, 4.69) is 0 Å². The van der Waals surface area contributed by atoms with Gasteiger partial charge in [0.15, 0.2) is 0 Å². The maximum Gasteiger partial charge on any atom is 0.137 e. The van der Waals surface area contributed by atoms with Crippen molar-refractivity contribution in [2.45, 2.75) is 17.9 Å². The molecule has 0 saturated carbocycles. The summed E-state index contributed by atoms with van der Waals surface area (Å²) in [5.41, 5.74) is 0.658. The number of hydrogen-bond donors (Lipinski definition) is 1. The molecule has 0 amide bonds. The molecule has 1 aromatic rings. The Hall–Kier alpha value is -0.440. The Morgan fingerprint density at radius 1 is 1.43 bits per heavy atom. The Bertz CT molecular complexity index is 289. The zero-order chi connectivity index (χ0) is 10.6. The van der Waals surface area contributed by atoms with Gasteiger partial charge in [0.1, 0.15) is 16.7 Å². The minimum absolute atomic E-state index is 0.588. The smallest absolute Gasteiger partial charge is 0.137 e. The van der Waals surface area contributed by atoms with Crippen molar-refractivity contribution in [3.8, 4) is 5.75 Å². The first-order valence-electron chi connectivity index (χ1n) is 4.34. The highest BCUT2D eigenvalue weighted by Crippen LogP contribution is 2.26. The van der Waals surface area contributed by atoms with Gasteiger partial charge in [0.05, 0.1) is 6.61 Å². The molecule has 4 heteroatoms. The van der Waals surface area contributed by atoms with Crippen LogP contribution in [-0.2, 0) is 0 Å². The Balaban J connectivity index is 2.82. The normalized spacial score (nSPS) is 12.9. The van der Waals surface area contributed by atoms with E-state index in [1.807, 2.05) is 13.0 Å². The molecule has 1 unspecified atom stereocenters. The lowest BCUT2D eigenvalue weighted by Gasteiger charge is -2.12. The lowest BCUT2D eigenvalue weighted by molar-refractivity contribution is 0.192. The molecular weight excluding hydrogens is 223 g/mol. The molecule has 1 atom stereocenters. The SMILES string of the molecule is CCOc1cccc(C(O)C(Cl)Cl)c1. The Kier molecular flexibility index (Phi) is 4.52. The van der Waals surface area contributed by atoms with Gasteiger partial charge >= 0.3 is 0 Å². The van der Waals surface area contributed by atoms with Crippen LogP contribution >= 0.6 is 23.2 Å². The highest BCUT2D eigenvalue weighted by Gasteiger charge is 2.15. The molecule has 1 N–H and O–H groups in total. The fourth-order valence-electron chi connectivity index (χ4n) is 1.10. The number of hydrogen-bond acceptors (Lipinski definition) is 2. The van der Waals surface area contributed by atoms with E-state index in [-0.39, 0.29) is 0 Å². The minimum Gasteiger partial charge on any atom is -0.494 e. The van der Waals surface area contributed by atoms with Gasteiger partial charge in [-0.15, -0.1) is 23.2 Å². The average Bonchev–Trinajstić information content (AvgIpc) is 2.17. The third-order valence-corrected chi connectivity index (χ3v) is 2.23. The van der Waals surface area contributed by atoms with Gasteiger partial charge in [0.2, 0.25) is 0 Å². The molecule has 0 aliphatic carbocycles. The molecule has 78 valence electrons. The average molecular weight is 235 g/mol. The third kappa shape index (κ3) is 3.05. The van der Waals surface area contributed by atoms with Crippen LogP contribution in [0.4, 0.5) is 0 Å². The van der Waals surface area contributed by atoms with Gasteiger partial charge in [-0.2, -0.15) is 0 Å². The molecule has 0 heterocycles. The van der Waals surface area contributed by atoms with Crippen LogP contribution in [0.25, 0.3) is 0 Å². The molecule has 1 aromatic carbocycles. The topological polar surface area (TPSA) is 29.5 Å². The first-order valence-corrected chi connectivity index (χ1v) is 5.21. The van der Waals surface area contributed by atoms with Crippen molar-refractivity contribution in [3.63, 3.8) is 0 Å². The van der Waals surface area contributed by atoms with Crippen LogP contribution in [0.2, 0.25) is 0 Å². The summed E-state index contributed by atoms with van der Waals surface area (Å²) in [6, 6.07) is 7.09. The van der Waals surface area contributed by atoms with Gasteiger partial charge in [0, 0.05) is 0 Å². The number of ether oxygens (including phenoxy) is 1. The van der Waals surface area contributed by atoms with Crippen molar-refractivity contribution in [2.75, 3.05) is 6.61 Å². The van der Waals surface area contributed by atoms with Crippen LogP contribution in [0.15, 0.2) is 24.3 Å². The third-order valence-electron chi connectivity index (χ3n) is 1.75. The Morgan fingerprint density at radius 3 is 2.71 bits per heavy atom. The molecular formula is C10H12Cl2O2. The standard InChI is InChI=1S/C10H12Cl2O2/c1-2-14-8-5-3-4-7(6-8)9(13)10(11)12/h3-6,9-10,13H,2H2,1H3. The molecule has 0 spiro atoms. The minimum atomic E-state index is -0.876. The van der Waals surface area contributed by atoms with Crippen LogP contribution in [0.1, 0.15) is 18.6 Å². The summed E-state index contributed by atoms with van der Waals surface area (Å²) in [4.78, 5) is -0.827. The maximum atomic E-state index is 9.57. The van der Waals surface area contributed by atoms with E-state index in [4.69, 9.17) is 27.9 Å². The van der Waals surface area contributed by atoms with Crippen molar-refractivity contribution in [1.29, 1.82) is 0 Å². The number of aliphatic hydroxyl groups excluding tert-OH is 1. The zero-order valence-corrected chi connectivity index (χ0v) is 9.29. The van der Waals surface area contributed by atoms with Crippen LogP contribution in [0.3, 0.4) is 0 Å². The van der Waals surface area contributed by atoms with Crippen molar-refractivity contribution in [2.24, 2.45) is 0 Å². The molecule has 0 radical (unpaired) electrons. The van der Waals surface area contributed by atoms with E-state index in [1.54, 1.807) is 18.2 Å². The number of aliphatic hydroxyl groups is 1. The maximum absolute atomic E-state index is 9.57. The van der Waals surface area contributed by atoms with Gasteiger partial charge in [-0.05, 0) is 24.6 Å². The van der Waals surface area contributed by atoms with Crippen molar-refractivity contribution in [3.05, 3.63) is 29.8 Å². The summed E-state index contributed by atoms with van der Waals surface area (Å²) in [7, 11) is 0. The van der Waals surface area contributed by atoms with Crippen molar-refractivity contribution in [1.82, 2.24) is 0 Å². The number of alkyl halides is 2. The van der Waals surface area contributed by atoms with Crippen LogP contribution < -0.4 is 4.74 Å². The molecule has 0 aromatic heterocycles. The predicted octanol–water partition coefficient (Wildman–Crippen LogP) is 2.92. The molecule has 0 saturated heterocycles. The number of halogens is 2. The highest BCUT2D eigenvalue weighted by molar-refractivity contribution is 6.44. The predicted molar refractivity (Wildman–Crippen MR) is 58.1 cm³/mol. The zero-order valence-electron chi connectivity index (χ0n) is 7.78. The Morgan fingerprint density at radius 2 is 2.14 bits per heavy atom. The van der Waals surface area contributed by atoms with Crippen molar-refractivity contribution >= 4 is 23.2 Å². The van der Waals surface area contributed by atoms with Gasteiger partial charge in [-0.1, -0.05) is 12.1 Å². The molecule has 14 heavy (non-hydrogen) atoms. The lowest BCUT2D eigenvalue weighted by atomic mass is 10.1. The fraction of sp³-hybridized carbons (Fsp3) is 0.400. The van der Waals surface area contributed by atoms with E-state index in [9.17, 15) is 5.11 Å². The monoisotopic (exact) mass is 234 g/mol. The van der Waals surface area contributed by atoms with Gasteiger partial charge in [-0.25, -0.2) is 0 Å². The lowest BCUT2D eigenvalue weighted by Crippen LogP contribution is -2.06. The van der Waals surface area contributed by atoms with E-state index in [0.717, 1.165) is 0 Å². The quantitative estimate of drug-likeness (QED) is 0.813. The summed E-state index contributed by atoms with van der Waals surface area (Å²) in [6.07, 6.45) is -0.876. The van der Waals surface area contributed by atoms with E-state index < -0.39 is 10.9 Å². The molecule has 0 aliphatic rings. The van der Waals surface area contributed by atoms with E-state index in [0.29, 0.717) is 17.9 Å². The largest absolute Gasteiger partial charge is 0.494 e. The number of benzene rings is 1. The van der Waals surface area contributed by atoms with Gasteiger partial charge < -0.3 is 9.84 Å². The fourth-order valence-corrected chi connectivity index (χ4v) is 1.39. The van der Waals surface area contributed by atoms with Crippen LogP contribution in [-0.4, -0.2) is 16.5 Å².